The van der Waals surface area contributed by atoms with Gasteiger partial charge in [0.2, 0.25) is 6.10 Å². The van der Waals surface area contributed by atoms with Gasteiger partial charge in [0.05, 0.1) is 13.6 Å². The third-order valence-electron chi connectivity index (χ3n) is 5.43. The maximum atomic E-state index is 13.5. The molecule has 1 saturated carbocycles. The Hall–Kier alpha value is -1.76. The molecule has 0 aromatic heterocycles. The van der Waals surface area contributed by atoms with E-state index in [1.54, 1.807) is 0 Å². The van der Waals surface area contributed by atoms with Crippen LogP contribution in [0.4, 0.5) is 13.2 Å². The highest BCUT2D eigenvalue weighted by atomic mass is 28.3. The van der Waals surface area contributed by atoms with Crippen molar-refractivity contribution in [1.82, 2.24) is 0 Å². The van der Waals surface area contributed by atoms with Crippen LogP contribution in [-0.4, -0.2) is 31.4 Å². The van der Waals surface area contributed by atoms with Gasteiger partial charge in [-0.25, -0.2) is 4.79 Å². The molecule has 1 aromatic rings. The summed E-state index contributed by atoms with van der Waals surface area (Å²) in [5.41, 5.74) is 0.533. The summed E-state index contributed by atoms with van der Waals surface area (Å²) in [6.45, 7) is 6.51. The first-order chi connectivity index (χ1) is 12.5. The van der Waals surface area contributed by atoms with Gasteiger partial charge < -0.3 is 9.84 Å². The monoisotopic (exact) mass is 398 g/mol. The second-order valence-corrected chi connectivity index (χ2v) is 13.6. The fourth-order valence-electron chi connectivity index (χ4n) is 3.91. The van der Waals surface area contributed by atoms with E-state index in [4.69, 9.17) is 4.74 Å². The Labute approximate surface area is 158 Å². The number of halogens is 3. The lowest BCUT2D eigenvalue weighted by atomic mass is 9.82. The second-order valence-electron chi connectivity index (χ2n) is 8.51. The molecule has 3 nitrogen and oxygen atoms in total. The summed E-state index contributed by atoms with van der Waals surface area (Å²) in [5.74, 6) is -1.21. The number of carboxylic acids is 1. The van der Waals surface area contributed by atoms with E-state index < -0.39 is 31.9 Å². The molecule has 1 fully saturated rings. The van der Waals surface area contributed by atoms with E-state index in [0.717, 1.165) is 48.9 Å². The number of fused-ring (bicyclic) bond motifs is 1. The highest BCUT2D eigenvalue weighted by molar-refractivity contribution is 6.88. The Balaban J connectivity index is 2.19. The summed E-state index contributed by atoms with van der Waals surface area (Å²) in [6.07, 6.45) is -0.943. The van der Waals surface area contributed by atoms with Crippen molar-refractivity contribution in [3.63, 3.8) is 0 Å². The lowest BCUT2D eigenvalue weighted by Gasteiger charge is -2.33. The Bertz CT molecular complexity index is 772. The molecule has 2 aliphatic rings. The van der Waals surface area contributed by atoms with Crippen LogP contribution in [0.5, 0.6) is 5.75 Å². The van der Waals surface area contributed by atoms with E-state index >= 15 is 0 Å². The number of carbonyl (C=O) groups is 1. The fourth-order valence-corrected chi connectivity index (χ4v) is 5.09. The molecule has 27 heavy (non-hydrogen) atoms. The summed E-state index contributed by atoms with van der Waals surface area (Å²) in [4.78, 5) is 11.5. The van der Waals surface area contributed by atoms with Gasteiger partial charge in [0.15, 0.2) is 0 Å². The summed E-state index contributed by atoms with van der Waals surface area (Å²) >= 11 is 0. The first-order valence-electron chi connectivity index (χ1n) is 9.35. The van der Waals surface area contributed by atoms with Crippen molar-refractivity contribution in [2.75, 3.05) is 0 Å². The lowest BCUT2D eigenvalue weighted by molar-refractivity contribution is -0.187. The van der Waals surface area contributed by atoms with Gasteiger partial charge in [-0.15, -0.1) is 0 Å². The summed E-state index contributed by atoms with van der Waals surface area (Å²) in [7, 11) is -1.74. The summed E-state index contributed by atoms with van der Waals surface area (Å²) < 4.78 is 45.8. The van der Waals surface area contributed by atoms with E-state index in [2.05, 4.69) is 19.6 Å². The molecule has 1 aliphatic carbocycles. The van der Waals surface area contributed by atoms with Crippen LogP contribution >= 0.6 is 0 Å². The summed E-state index contributed by atoms with van der Waals surface area (Å²) in [6, 6.07) is 3.84. The van der Waals surface area contributed by atoms with Gasteiger partial charge in [-0.05, 0) is 30.4 Å². The standard InChI is InChI=1S/C20H25F3O3Si/c1-27(2,3)14-9-13-10-16(19(24)25)18(20(21,22)23)26-17(13)15(11-14)12-7-5-4-6-8-12/h9-12,18H,4-8H2,1-3H3,(H,24,25). The Kier molecular flexibility index (Phi) is 5.18. The van der Waals surface area contributed by atoms with E-state index in [1.165, 1.54) is 0 Å². The molecule has 1 heterocycles. The fraction of sp³-hybridized carbons (Fsp3) is 0.550. The zero-order chi connectivity index (χ0) is 20.0. The third-order valence-corrected chi connectivity index (χ3v) is 7.45. The normalized spacial score (nSPS) is 21.3. The Morgan fingerprint density at radius 3 is 2.30 bits per heavy atom. The summed E-state index contributed by atoms with van der Waals surface area (Å²) in [5, 5.41) is 10.4. The molecule has 148 valence electrons. The number of benzene rings is 1. The van der Waals surface area contributed by atoms with Gasteiger partial charge in [-0.1, -0.05) is 56.2 Å². The maximum absolute atomic E-state index is 13.5. The van der Waals surface area contributed by atoms with Crippen molar-refractivity contribution in [3.05, 3.63) is 28.8 Å². The van der Waals surface area contributed by atoms with E-state index in [0.29, 0.717) is 5.56 Å². The molecule has 1 atom stereocenters. The van der Waals surface area contributed by atoms with Gasteiger partial charge in [-0.3, -0.25) is 0 Å². The number of aliphatic carboxylic acids is 1. The lowest BCUT2D eigenvalue weighted by Crippen LogP contribution is -2.42. The van der Waals surface area contributed by atoms with E-state index in [-0.39, 0.29) is 11.7 Å². The average molecular weight is 398 g/mol. The van der Waals surface area contributed by atoms with Crippen molar-refractivity contribution in [1.29, 1.82) is 0 Å². The van der Waals surface area contributed by atoms with Crippen LogP contribution in [0, 0.1) is 0 Å². The van der Waals surface area contributed by atoms with Crippen LogP contribution < -0.4 is 9.92 Å². The molecule has 1 aromatic carbocycles. The van der Waals surface area contributed by atoms with Crippen LogP contribution in [0.2, 0.25) is 19.6 Å². The van der Waals surface area contributed by atoms with Crippen molar-refractivity contribution in [2.24, 2.45) is 0 Å². The van der Waals surface area contributed by atoms with Gasteiger partial charge in [-0.2, -0.15) is 13.2 Å². The van der Waals surface area contributed by atoms with Gasteiger partial charge in [0.1, 0.15) is 5.75 Å². The molecule has 0 bridgehead atoms. The SMILES string of the molecule is C[Si](C)(C)c1cc2c(c(C3CCCCC3)c1)OC(C(F)(F)F)C(C(=O)O)=C2. The van der Waals surface area contributed by atoms with Gasteiger partial charge in [0.25, 0.3) is 0 Å². The zero-order valence-corrected chi connectivity index (χ0v) is 16.8. The van der Waals surface area contributed by atoms with E-state index in [9.17, 15) is 23.1 Å². The van der Waals surface area contributed by atoms with Crippen molar-refractivity contribution < 1.29 is 27.8 Å². The number of carboxylic acid groups (broad SMARTS) is 1. The molecule has 0 radical (unpaired) electrons. The predicted molar refractivity (Wildman–Crippen MR) is 101 cm³/mol. The van der Waals surface area contributed by atoms with Gasteiger partial charge in [0, 0.05) is 5.56 Å². The highest BCUT2D eigenvalue weighted by Crippen LogP contribution is 2.44. The van der Waals surface area contributed by atoms with Crippen LogP contribution in [0.15, 0.2) is 17.7 Å². The quantitative estimate of drug-likeness (QED) is 0.723. The molecule has 0 saturated heterocycles. The Morgan fingerprint density at radius 1 is 1.15 bits per heavy atom. The van der Waals surface area contributed by atoms with Crippen LogP contribution in [0.1, 0.15) is 49.1 Å². The largest absolute Gasteiger partial charge is 0.478 e. The average Bonchev–Trinajstić information content (AvgIpc) is 2.58. The smallest absolute Gasteiger partial charge is 0.430 e. The molecule has 0 spiro atoms. The second kappa shape index (κ2) is 7.00. The number of alkyl halides is 3. The van der Waals surface area contributed by atoms with Crippen molar-refractivity contribution >= 4 is 25.3 Å². The molecule has 1 aliphatic heterocycles. The first kappa shape index (κ1) is 20.0. The number of rotatable bonds is 3. The van der Waals surface area contributed by atoms with Gasteiger partial charge >= 0.3 is 12.1 Å². The molecule has 0 amide bonds. The Morgan fingerprint density at radius 2 is 1.78 bits per heavy atom. The maximum Gasteiger partial charge on any atom is 0.430 e. The molecule has 7 heteroatoms. The minimum absolute atomic E-state index is 0.164. The minimum atomic E-state index is -4.77. The van der Waals surface area contributed by atoms with Crippen LogP contribution in [0.25, 0.3) is 6.08 Å². The molecule has 3 rings (SSSR count). The van der Waals surface area contributed by atoms with E-state index in [1.807, 2.05) is 12.1 Å². The molecular formula is C20H25F3O3Si. The first-order valence-corrected chi connectivity index (χ1v) is 12.8. The third kappa shape index (κ3) is 4.07. The topological polar surface area (TPSA) is 46.5 Å². The zero-order valence-electron chi connectivity index (χ0n) is 15.8. The minimum Gasteiger partial charge on any atom is -0.478 e. The van der Waals surface area contributed by atoms with Crippen LogP contribution in [-0.2, 0) is 4.79 Å². The van der Waals surface area contributed by atoms with Crippen LogP contribution in [0.3, 0.4) is 0 Å². The molecule has 1 unspecified atom stereocenters. The predicted octanol–water partition coefficient (Wildman–Crippen LogP) is 5.07. The number of hydrogen-bond acceptors (Lipinski definition) is 2. The van der Waals surface area contributed by atoms with Crippen molar-refractivity contribution in [2.45, 2.75) is 69.9 Å². The molecule has 1 N–H and O–H groups in total. The highest BCUT2D eigenvalue weighted by Gasteiger charge is 2.49. The number of ether oxygens (including phenoxy) is 1. The van der Waals surface area contributed by atoms with Crippen molar-refractivity contribution in [3.8, 4) is 5.75 Å². The number of hydrogen-bond donors (Lipinski definition) is 1. The molecular weight excluding hydrogens is 373 g/mol.